The summed E-state index contributed by atoms with van der Waals surface area (Å²) in [4.78, 5) is 13.0. The van der Waals surface area contributed by atoms with Crippen LogP contribution < -0.4 is 9.47 Å². The highest BCUT2D eigenvalue weighted by atomic mass is 16.5. The average Bonchev–Trinajstić information content (AvgIpc) is 2.80. The summed E-state index contributed by atoms with van der Waals surface area (Å²) in [6, 6.07) is 5.12. The van der Waals surface area contributed by atoms with Crippen LogP contribution in [-0.4, -0.2) is 20.2 Å². The summed E-state index contributed by atoms with van der Waals surface area (Å²) < 4.78 is 16.6. The average molecular weight is 455 g/mol. The molecule has 0 saturated carbocycles. The van der Waals surface area contributed by atoms with Gasteiger partial charge >= 0.3 is 5.97 Å². The van der Waals surface area contributed by atoms with Crippen LogP contribution in [0.1, 0.15) is 90.4 Å². The van der Waals surface area contributed by atoms with Gasteiger partial charge in [-0.15, -0.1) is 0 Å². The lowest BCUT2D eigenvalue weighted by atomic mass is 10.0. The Morgan fingerprint density at radius 3 is 2.15 bits per heavy atom. The summed E-state index contributed by atoms with van der Waals surface area (Å²) in [5, 5.41) is 0. The van der Waals surface area contributed by atoms with Crippen LogP contribution in [0.3, 0.4) is 0 Å². The number of hydrogen-bond acceptors (Lipinski definition) is 4. The van der Waals surface area contributed by atoms with Crippen molar-refractivity contribution in [3.8, 4) is 11.5 Å². The number of allylic oxidation sites excluding steroid dienone is 8. The van der Waals surface area contributed by atoms with Crippen LogP contribution >= 0.6 is 0 Å². The molecule has 182 valence electrons. The predicted octanol–water partition coefficient (Wildman–Crippen LogP) is 8.35. The number of esters is 1. The molecule has 0 saturated heterocycles. The molecule has 0 aliphatic rings. The summed E-state index contributed by atoms with van der Waals surface area (Å²) in [7, 11) is 3.12. The molecule has 0 aliphatic heterocycles. The van der Waals surface area contributed by atoms with E-state index in [-0.39, 0.29) is 0 Å². The highest BCUT2D eigenvalue weighted by Gasteiger charge is 2.18. The fourth-order valence-corrected chi connectivity index (χ4v) is 3.31. The quantitative estimate of drug-likeness (QED) is 0.171. The molecule has 0 aliphatic carbocycles. The summed E-state index contributed by atoms with van der Waals surface area (Å²) in [5.74, 6) is 1.41. The summed E-state index contributed by atoms with van der Waals surface area (Å²) >= 11 is 0. The van der Waals surface area contributed by atoms with Gasteiger partial charge in [0.1, 0.15) is 22.8 Å². The molecule has 4 nitrogen and oxygen atoms in total. The molecule has 1 rings (SSSR count). The minimum Gasteiger partial charge on any atom is -0.497 e. The highest BCUT2D eigenvalue weighted by molar-refractivity contribution is 5.93. The normalized spacial score (nSPS) is 12.7. The maximum atomic E-state index is 13.0. The minimum absolute atomic E-state index is 0.391. The zero-order valence-corrected chi connectivity index (χ0v) is 21.8. The second-order valence-corrected chi connectivity index (χ2v) is 8.70. The minimum atomic E-state index is -0.406. The number of benzene rings is 1. The van der Waals surface area contributed by atoms with Gasteiger partial charge in [0, 0.05) is 12.5 Å². The number of hydrogen-bond donors (Lipinski definition) is 0. The second-order valence-electron chi connectivity index (χ2n) is 8.70. The number of ether oxygens (including phenoxy) is 3. The van der Waals surface area contributed by atoms with E-state index in [9.17, 15) is 4.79 Å². The lowest BCUT2D eigenvalue weighted by Gasteiger charge is -2.15. The van der Waals surface area contributed by atoms with E-state index >= 15 is 0 Å². The van der Waals surface area contributed by atoms with Gasteiger partial charge in [0.2, 0.25) is 0 Å². The molecule has 1 aromatic rings. The molecule has 0 atom stereocenters. The molecule has 0 bridgehead atoms. The molecule has 0 amide bonds. The molecule has 0 spiro atoms. The zero-order valence-electron chi connectivity index (χ0n) is 21.8. The number of methoxy groups -OCH3 is 2. The molecule has 0 heterocycles. The van der Waals surface area contributed by atoms with E-state index in [4.69, 9.17) is 14.2 Å². The third-order valence-corrected chi connectivity index (χ3v) is 5.66. The van der Waals surface area contributed by atoms with Crippen molar-refractivity contribution in [1.82, 2.24) is 0 Å². The Kier molecular flexibility index (Phi) is 13.0. The molecule has 0 fully saturated rings. The first kappa shape index (κ1) is 28.3. The standard InChI is InChI=1S/C29H42O4/c1-9-22(4)13-11-14-23(5)16-19-27(24(6)15-10-12-21(2)3)33-29(30)26-18-17-25(31-7)20-28(26)32-8/h9,12,14,17-18,20H,10-11,13,15-16,19H2,1-8H3/b22-9+,23-14+,27-24+. The maximum absolute atomic E-state index is 13.0. The first-order chi connectivity index (χ1) is 15.7. The Morgan fingerprint density at radius 2 is 1.55 bits per heavy atom. The van der Waals surface area contributed by atoms with E-state index in [1.165, 1.54) is 23.8 Å². The number of carbonyl (C=O) groups is 1. The van der Waals surface area contributed by atoms with Crippen LogP contribution in [-0.2, 0) is 4.74 Å². The van der Waals surface area contributed by atoms with Crippen LogP contribution in [0.2, 0.25) is 0 Å². The molecule has 33 heavy (non-hydrogen) atoms. The van der Waals surface area contributed by atoms with Gasteiger partial charge in [-0.25, -0.2) is 4.79 Å². The van der Waals surface area contributed by atoms with Crippen LogP contribution in [0, 0.1) is 0 Å². The zero-order chi connectivity index (χ0) is 24.8. The van der Waals surface area contributed by atoms with Crippen LogP contribution in [0.15, 0.2) is 64.5 Å². The number of rotatable bonds is 13. The topological polar surface area (TPSA) is 44.8 Å². The molecule has 1 aromatic carbocycles. The second kappa shape index (κ2) is 15.2. The predicted molar refractivity (Wildman–Crippen MR) is 138 cm³/mol. The van der Waals surface area contributed by atoms with Gasteiger partial charge < -0.3 is 14.2 Å². The molecule has 4 heteroatoms. The first-order valence-corrected chi connectivity index (χ1v) is 11.7. The highest BCUT2D eigenvalue weighted by Crippen LogP contribution is 2.28. The third-order valence-electron chi connectivity index (χ3n) is 5.66. The molecule has 0 radical (unpaired) electrons. The van der Waals surface area contributed by atoms with E-state index in [0.717, 1.165) is 43.4 Å². The molecule has 0 aromatic heterocycles. The van der Waals surface area contributed by atoms with E-state index in [0.29, 0.717) is 23.5 Å². The fraction of sp³-hybridized carbons (Fsp3) is 0.483. The van der Waals surface area contributed by atoms with Crippen molar-refractivity contribution in [2.75, 3.05) is 14.2 Å². The Hall–Kier alpha value is -2.75. The van der Waals surface area contributed by atoms with Gasteiger partial charge in [0.05, 0.1) is 14.2 Å². The Bertz CT molecular complexity index is 896. The van der Waals surface area contributed by atoms with Crippen molar-refractivity contribution in [2.24, 2.45) is 0 Å². The third kappa shape index (κ3) is 10.6. The van der Waals surface area contributed by atoms with E-state index in [1.54, 1.807) is 25.3 Å². The van der Waals surface area contributed by atoms with Crippen molar-refractivity contribution in [1.29, 1.82) is 0 Å². The van der Waals surface area contributed by atoms with Gasteiger partial charge in [-0.2, -0.15) is 0 Å². The number of carbonyl (C=O) groups excluding carboxylic acids is 1. The van der Waals surface area contributed by atoms with E-state index in [1.807, 2.05) is 0 Å². The lowest BCUT2D eigenvalue weighted by molar-refractivity contribution is 0.0605. The largest absolute Gasteiger partial charge is 0.497 e. The first-order valence-electron chi connectivity index (χ1n) is 11.7. The summed E-state index contributed by atoms with van der Waals surface area (Å²) in [6.07, 6.45) is 12.1. The van der Waals surface area contributed by atoms with E-state index < -0.39 is 5.97 Å². The monoisotopic (exact) mass is 454 g/mol. The van der Waals surface area contributed by atoms with Crippen molar-refractivity contribution in [3.63, 3.8) is 0 Å². The Morgan fingerprint density at radius 1 is 0.848 bits per heavy atom. The molecule has 0 N–H and O–H groups in total. The summed E-state index contributed by atoms with van der Waals surface area (Å²) in [5.41, 5.74) is 5.50. The Balaban J connectivity index is 3.02. The van der Waals surface area contributed by atoms with Gasteiger partial charge in [0.25, 0.3) is 0 Å². The van der Waals surface area contributed by atoms with Crippen molar-refractivity contribution in [2.45, 2.75) is 80.1 Å². The SMILES string of the molecule is C/C=C(\C)CC/C=C(\C)CC/C(OC(=O)c1ccc(OC)cc1OC)=C(/C)CCC=C(C)C. The van der Waals surface area contributed by atoms with E-state index in [2.05, 4.69) is 59.8 Å². The fourth-order valence-electron chi connectivity index (χ4n) is 3.31. The van der Waals surface area contributed by atoms with Crippen LogP contribution in [0.25, 0.3) is 0 Å². The summed E-state index contributed by atoms with van der Waals surface area (Å²) in [6.45, 7) is 12.6. The molecule has 0 unspecified atom stereocenters. The molecular weight excluding hydrogens is 412 g/mol. The van der Waals surface area contributed by atoms with Crippen LogP contribution in [0.4, 0.5) is 0 Å². The van der Waals surface area contributed by atoms with Crippen LogP contribution in [0.5, 0.6) is 11.5 Å². The molecular formula is C29H42O4. The van der Waals surface area contributed by atoms with Crippen molar-refractivity contribution < 1.29 is 19.0 Å². The van der Waals surface area contributed by atoms with Gasteiger partial charge in [-0.3, -0.25) is 0 Å². The Labute approximate surface area is 201 Å². The van der Waals surface area contributed by atoms with Gasteiger partial charge in [0.15, 0.2) is 0 Å². The lowest BCUT2D eigenvalue weighted by Crippen LogP contribution is -2.09. The van der Waals surface area contributed by atoms with Gasteiger partial charge in [-0.05, 0) is 91.4 Å². The maximum Gasteiger partial charge on any atom is 0.347 e. The smallest absolute Gasteiger partial charge is 0.347 e. The van der Waals surface area contributed by atoms with Crippen molar-refractivity contribution >= 4 is 5.97 Å². The van der Waals surface area contributed by atoms with Crippen molar-refractivity contribution in [3.05, 3.63) is 70.0 Å². The van der Waals surface area contributed by atoms with Gasteiger partial charge in [-0.1, -0.05) is 34.9 Å².